The van der Waals surface area contributed by atoms with Crippen LogP contribution in [0.4, 0.5) is 0 Å². The number of aryl methyl sites for hydroxylation is 1. The van der Waals surface area contributed by atoms with Crippen molar-refractivity contribution in [1.29, 1.82) is 0 Å². The molecule has 5 N–H and O–H groups in total. The molecule has 62 heavy (non-hydrogen) atoms. The standard InChI is InChI=1S/C48H70O14/c1-26(2)12-16-35(51)27(3)48(56)38(23-34-32-15-14-30-22-31(50)18-20-46(30,5)33(32)19-21-47(34,48)6)60-45-43(59-28(4)49)41(37(53)25-58-45)62-44-42(40(55)36(52)24-57-44)61-39(54)17-13-29-10-8-7-9-11-29/h7-11,14,26-27,31-34,36-38,40-45,50,52-53,55-56H,12-13,15-25H2,1-6H3/t27-,31+,32-,33?,34+,36?,37?,38+,40?,41?,42?,43?,44?,45?,46+,47+,48-/m1/s1. The van der Waals surface area contributed by atoms with E-state index in [1.54, 1.807) is 6.92 Å². The average Bonchev–Trinajstić information content (AvgIpc) is 3.47. The Labute approximate surface area is 365 Å². The van der Waals surface area contributed by atoms with Gasteiger partial charge < -0.3 is 54.0 Å². The summed E-state index contributed by atoms with van der Waals surface area (Å²) >= 11 is 0. The molecule has 2 heterocycles. The number of aliphatic hydroxyl groups excluding tert-OH is 4. The second-order valence-electron chi connectivity index (χ2n) is 20.1. The van der Waals surface area contributed by atoms with Crippen LogP contribution < -0.4 is 0 Å². The molecule has 1 aromatic carbocycles. The molecule has 3 saturated carbocycles. The summed E-state index contributed by atoms with van der Waals surface area (Å²) in [4.78, 5) is 40.1. The van der Waals surface area contributed by atoms with Gasteiger partial charge in [-0.15, -0.1) is 0 Å². The molecule has 0 aromatic heterocycles. The van der Waals surface area contributed by atoms with E-state index in [-0.39, 0.29) is 54.7 Å². The van der Waals surface area contributed by atoms with Crippen molar-refractivity contribution >= 4 is 17.7 Å². The molecule has 7 rings (SSSR count). The molecule has 346 valence electrons. The molecule has 14 heteroatoms. The Morgan fingerprint density at radius 2 is 1.53 bits per heavy atom. The molecule has 6 aliphatic rings. The lowest BCUT2D eigenvalue weighted by atomic mass is 9.46. The number of hydrogen-bond acceptors (Lipinski definition) is 14. The van der Waals surface area contributed by atoms with Crippen molar-refractivity contribution in [2.45, 2.75) is 179 Å². The van der Waals surface area contributed by atoms with Crippen molar-refractivity contribution in [1.82, 2.24) is 0 Å². The molecule has 9 unspecified atom stereocenters. The fourth-order valence-electron chi connectivity index (χ4n) is 12.3. The largest absolute Gasteiger partial charge is 0.454 e. The Balaban J connectivity index is 1.16. The summed E-state index contributed by atoms with van der Waals surface area (Å²) in [6.07, 6.45) is -4.37. The smallest absolute Gasteiger partial charge is 0.306 e. The van der Waals surface area contributed by atoms with Crippen molar-refractivity contribution < 1.29 is 68.3 Å². The maximum atomic E-state index is 14.2. The predicted octanol–water partition coefficient (Wildman–Crippen LogP) is 4.33. The van der Waals surface area contributed by atoms with Gasteiger partial charge in [0.05, 0.1) is 25.4 Å². The summed E-state index contributed by atoms with van der Waals surface area (Å²) in [5.41, 5.74) is -0.262. The first kappa shape index (κ1) is 47.2. The molecule has 2 aliphatic heterocycles. The minimum absolute atomic E-state index is 0.0358. The molecule has 0 amide bonds. The van der Waals surface area contributed by atoms with Gasteiger partial charge in [-0.2, -0.15) is 0 Å². The van der Waals surface area contributed by atoms with Crippen LogP contribution in [0.2, 0.25) is 0 Å². The third kappa shape index (κ3) is 9.07. The summed E-state index contributed by atoms with van der Waals surface area (Å²) in [5, 5.41) is 57.0. The predicted molar refractivity (Wildman–Crippen MR) is 224 cm³/mol. The Morgan fingerprint density at radius 3 is 2.23 bits per heavy atom. The minimum atomic E-state index is -1.66. The van der Waals surface area contributed by atoms with Crippen LogP contribution in [-0.2, 0) is 49.2 Å². The van der Waals surface area contributed by atoms with E-state index in [4.69, 9.17) is 28.4 Å². The van der Waals surface area contributed by atoms with Crippen LogP contribution in [0.15, 0.2) is 42.0 Å². The van der Waals surface area contributed by atoms with Crippen LogP contribution in [-0.4, -0.2) is 123 Å². The van der Waals surface area contributed by atoms with E-state index in [2.05, 4.69) is 33.8 Å². The number of aliphatic hydroxyl groups is 5. The third-order valence-electron chi connectivity index (χ3n) is 15.9. The molecule has 0 bridgehead atoms. The number of carbonyl (C=O) groups is 3. The zero-order chi connectivity index (χ0) is 44.7. The Morgan fingerprint density at radius 1 is 0.839 bits per heavy atom. The summed E-state index contributed by atoms with van der Waals surface area (Å²) < 4.78 is 36.6. The van der Waals surface area contributed by atoms with E-state index in [0.717, 1.165) is 31.2 Å². The number of Topliss-reactive ketones (excluding diaryl/α,β-unsaturated/α-hetero) is 1. The van der Waals surface area contributed by atoms with Crippen molar-refractivity contribution in [3.63, 3.8) is 0 Å². The van der Waals surface area contributed by atoms with Crippen molar-refractivity contribution in [2.24, 2.45) is 40.4 Å². The van der Waals surface area contributed by atoms with Crippen molar-refractivity contribution in [3.8, 4) is 0 Å². The molecule has 2 saturated heterocycles. The number of esters is 2. The maximum Gasteiger partial charge on any atom is 0.306 e. The topological polar surface area (TPSA) is 208 Å². The number of benzene rings is 1. The lowest BCUT2D eigenvalue weighted by Gasteiger charge is -2.59. The molecule has 0 spiro atoms. The number of ketones is 1. The molecule has 1 aromatic rings. The van der Waals surface area contributed by atoms with Gasteiger partial charge in [0.25, 0.3) is 0 Å². The van der Waals surface area contributed by atoms with E-state index in [1.165, 1.54) is 12.5 Å². The number of fused-ring (bicyclic) bond motifs is 5. The second kappa shape index (κ2) is 19.0. The van der Waals surface area contributed by atoms with Gasteiger partial charge in [-0.25, -0.2) is 0 Å². The highest BCUT2D eigenvalue weighted by molar-refractivity contribution is 5.82. The summed E-state index contributed by atoms with van der Waals surface area (Å²) in [6.45, 7) is 10.8. The Bertz CT molecular complexity index is 1770. The van der Waals surface area contributed by atoms with E-state index in [0.29, 0.717) is 44.4 Å². The quantitative estimate of drug-likeness (QED) is 0.130. The highest BCUT2D eigenvalue weighted by atomic mass is 16.8. The zero-order valence-corrected chi connectivity index (χ0v) is 37.2. The van der Waals surface area contributed by atoms with Crippen molar-refractivity contribution in [3.05, 3.63) is 47.5 Å². The van der Waals surface area contributed by atoms with Crippen LogP contribution >= 0.6 is 0 Å². The maximum absolute atomic E-state index is 14.2. The van der Waals surface area contributed by atoms with E-state index in [1.807, 2.05) is 30.3 Å². The van der Waals surface area contributed by atoms with Crippen LogP contribution in [0.1, 0.15) is 111 Å². The Kier molecular flexibility index (Phi) is 14.4. The van der Waals surface area contributed by atoms with E-state index in [9.17, 15) is 39.9 Å². The van der Waals surface area contributed by atoms with Gasteiger partial charge in [0.2, 0.25) is 0 Å². The molecule has 0 radical (unpaired) electrons. The minimum Gasteiger partial charge on any atom is -0.454 e. The zero-order valence-electron chi connectivity index (χ0n) is 37.2. The number of ether oxygens (including phenoxy) is 6. The van der Waals surface area contributed by atoms with Gasteiger partial charge in [0, 0.05) is 31.1 Å². The van der Waals surface area contributed by atoms with Gasteiger partial charge in [-0.05, 0) is 92.4 Å². The van der Waals surface area contributed by atoms with Crippen molar-refractivity contribution in [2.75, 3.05) is 13.2 Å². The van der Waals surface area contributed by atoms with E-state index >= 15 is 0 Å². The molecular weight excluding hydrogens is 801 g/mol. The fourth-order valence-corrected chi connectivity index (χ4v) is 12.3. The lowest BCUT2D eigenvalue weighted by Crippen LogP contribution is -2.64. The second-order valence-corrected chi connectivity index (χ2v) is 20.1. The van der Waals surface area contributed by atoms with Gasteiger partial charge in [-0.3, -0.25) is 14.4 Å². The van der Waals surface area contributed by atoms with Gasteiger partial charge in [0.15, 0.2) is 24.8 Å². The fraction of sp³-hybridized carbons (Fsp3) is 0.771. The molecule has 5 fully saturated rings. The van der Waals surface area contributed by atoms with Gasteiger partial charge >= 0.3 is 11.9 Å². The van der Waals surface area contributed by atoms with Crippen LogP contribution in [0.5, 0.6) is 0 Å². The number of carbonyl (C=O) groups excluding carboxylic acids is 3. The number of rotatable bonds is 14. The highest BCUT2D eigenvalue weighted by Gasteiger charge is 2.70. The van der Waals surface area contributed by atoms with Gasteiger partial charge in [-0.1, -0.05) is 76.6 Å². The van der Waals surface area contributed by atoms with Gasteiger partial charge in [0.1, 0.15) is 35.8 Å². The molecular formula is C48H70O14. The van der Waals surface area contributed by atoms with Crippen LogP contribution in [0.25, 0.3) is 0 Å². The first-order valence-electron chi connectivity index (χ1n) is 23.0. The van der Waals surface area contributed by atoms with E-state index < -0.39 is 84.2 Å². The first-order valence-corrected chi connectivity index (χ1v) is 23.0. The lowest BCUT2D eigenvalue weighted by molar-refractivity contribution is -0.346. The first-order chi connectivity index (χ1) is 29.4. The number of allylic oxidation sites excluding steroid dienone is 1. The number of hydrogen-bond donors (Lipinski definition) is 5. The summed E-state index contributed by atoms with van der Waals surface area (Å²) in [7, 11) is 0. The highest BCUT2D eigenvalue weighted by Crippen LogP contribution is 2.69. The SMILES string of the molecule is CC(=O)OC1C(O[C@H]2C[C@H]3[C@@H]4CC=C5C[C@@H](O)CC[C@]5(C)C4CC[C@]3(C)[C@@]2(O)[C@H](C)C(=O)CCC(C)C)OCC(O)C1OC1OCC(O)C(O)C1OC(=O)CCc1ccccc1. The molecule has 14 nitrogen and oxygen atoms in total. The van der Waals surface area contributed by atoms with Crippen LogP contribution in [0, 0.1) is 40.4 Å². The van der Waals surface area contributed by atoms with Crippen LogP contribution in [0.3, 0.4) is 0 Å². The summed E-state index contributed by atoms with van der Waals surface area (Å²) in [5.74, 6) is -1.56. The molecule has 4 aliphatic carbocycles. The third-order valence-corrected chi connectivity index (χ3v) is 15.9. The summed E-state index contributed by atoms with van der Waals surface area (Å²) in [6, 6.07) is 9.32. The monoisotopic (exact) mass is 870 g/mol. The average molecular weight is 871 g/mol. The normalized spacial score (nSPS) is 42.2. The molecule has 17 atom stereocenters. The Hall–Kier alpha value is -2.79.